The Morgan fingerprint density at radius 1 is 0.432 bits per heavy atom. The van der Waals surface area contributed by atoms with Gasteiger partial charge in [0, 0.05) is 19.3 Å². The van der Waals surface area contributed by atoms with Crippen molar-refractivity contribution in [2.75, 3.05) is 13.2 Å². The highest BCUT2D eigenvalue weighted by atomic mass is 16.6. The van der Waals surface area contributed by atoms with Crippen LogP contribution in [0, 0.1) is 5.92 Å². The van der Waals surface area contributed by atoms with Crippen molar-refractivity contribution in [2.45, 2.75) is 207 Å². The molecule has 0 saturated heterocycles. The molecule has 0 aromatic carbocycles. The van der Waals surface area contributed by atoms with Gasteiger partial charge in [0.1, 0.15) is 13.2 Å². The molecule has 44 heavy (non-hydrogen) atoms. The van der Waals surface area contributed by atoms with Gasteiger partial charge in [0.05, 0.1) is 0 Å². The molecule has 0 heterocycles. The Balaban J connectivity index is 4.33. The number of hydrogen-bond donors (Lipinski definition) is 0. The molecular formula is C38H72O6. The number of rotatable bonds is 33. The van der Waals surface area contributed by atoms with E-state index >= 15 is 0 Å². The molecule has 0 aromatic heterocycles. The van der Waals surface area contributed by atoms with Crippen molar-refractivity contribution in [3.63, 3.8) is 0 Å². The Hall–Kier alpha value is -1.59. The van der Waals surface area contributed by atoms with E-state index in [1.54, 1.807) is 0 Å². The van der Waals surface area contributed by atoms with Gasteiger partial charge in [0.25, 0.3) is 0 Å². The van der Waals surface area contributed by atoms with Gasteiger partial charge in [-0.25, -0.2) is 0 Å². The molecule has 0 amide bonds. The number of carbonyl (C=O) groups excluding carboxylic acids is 3. The zero-order chi connectivity index (χ0) is 32.5. The van der Waals surface area contributed by atoms with E-state index in [0.717, 1.165) is 63.7 Å². The zero-order valence-electron chi connectivity index (χ0n) is 29.6. The Morgan fingerprint density at radius 2 is 0.750 bits per heavy atom. The molecule has 0 bridgehead atoms. The van der Waals surface area contributed by atoms with Gasteiger partial charge in [-0.05, 0) is 25.2 Å². The maximum absolute atomic E-state index is 12.5. The first-order valence-electron chi connectivity index (χ1n) is 18.9. The zero-order valence-corrected chi connectivity index (χ0v) is 29.6. The first-order valence-corrected chi connectivity index (χ1v) is 18.9. The van der Waals surface area contributed by atoms with Gasteiger partial charge in [-0.15, -0.1) is 0 Å². The molecule has 0 unspecified atom stereocenters. The van der Waals surface area contributed by atoms with Crippen molar-refractivity contribution in [3.05, 3.63) is 0 Å². The third-order valence-corrected chi connectivity index (χ3v) is 8.29. The van der Waals surface area contributed by atoms with Crippen LogP contribution in [0.1, 0.15) is 201 Å². The van der Waals surface area contributed by atoms with Crippen LogP contribution in [0.5, 0.6) is 0 Å². The highest BCUT2D eigenvalue weighted by Crippen LogP contribution is 2.14. The van der Waals surface area contributed by atoms with Crippen LogP contribution >= 0.6 is 0 Å². The minimum absolute atomic E-state index is 0.0664. The maximum Gasteiger partial charge on any atom is 0.306 e. The van der Waals surface area contributed by atoms with Crippen LogP contribution in [0.25, 0.3) is 0 Å². The maximum atomic E-state index is 12.5. The summed E-state index contributed by atoms with van der Waals surface area (Å²) in [6.45, 7) is 8.85. The normalized spacial score (nSPS) is 11.9. The quantitative estimate of drug-likeness (QED) is 0.0410. The molecule has 0 rings (SSSR count). The number of hydrogen-bond acceptors (Lipinski definition) is 6. The molecule has 0 aliphatic heterocycles. The molecule has 0 fully saturated rings. The van der Waals surface area contributed by atoms with Crippen molar-refractivity contribution in [2.24, 2.45) is 5.92 Å². The lowest BCUT2D eigenvalue weighted by Gasteiger charge is -2.18. The fourth-order valence-corrected chi connectivity index (χ4v) is 5.39. The Morgan fingerprint density at radius 3 is 1.11 bits per heavy atom. The SMILES string of the molecule is CCCCCCCCCCCC(=O)OC[C@H](COC(=O)CCCCCCCCCC(C)C)OC(=O)CCCCCCCCC. The molecule has 1 atom stereocenters. The van der Waals surface area contributed by atoms with Crippen LogP contribution in [-0.4, -0.2) is 37.2 Å². The second kappa shape index (κ2) is 32.8. The fourth-order valence-electron chi connectivity index (χ4n) is 5.39. The molecule has 6 nitrogen and oxygen atoms in total. The average molecular weight is 625 g/mol. The number of unbranched alkanes of at least 4 members (excludes halogenated alkanes) is 20. The van der Waals surface area contributed by atoms with Gasteiger partial charge >= 0.3 is 17.9 Å². The summed E-state index contributed by atoms with van der Waals surface area (Å²) in [6, 6.07) is 0. The largest absolute Gasteiger partial charge is 0.462 e. The van der Waals surface area contributed by atoms with Crippen molar-refractivity contribution in [1.82, 2.24) is 0 Å². The molecular weight excluding hydrogens is 552 g/mol. The van der Waals surface area contributed by atoms with Crippen LogP contribution in [-0.2, 0) is 28.6 Å². The van der Waals surface area contributed by atoms with E-state index < -0.39 is 6.10 Å². The summed E-state index contributed by atoms with van der Waals surface area (Å²) >= 11 is 0. The first kappa shape index (κ1) is 42.4. The van der Waals surface area contributed by atoms with Crippen LogP contribution in [0.2, 0.25) is 0 Å². The van der Waals surface area contributed by atoms with E-state index in [-0.39, 0.29) is 31.1 Å². The first-order chi connectivity index (χ1) is 21.4. The highest BCUT2D eigenvalue weighted by Gasteiger charge is 2.19. The van der Waals surface area contributed by atoms with Crippen LogP contribution < -0.4 is 0 Å². The van der Waals surface area contributed by atoms with Crippen LogP contribution in [0.3, 0.4) is 0 Å². The molecule has 0 aromatic rings. The number of carbonyl (C=O) groups is 3. The second-order valence-electron chi connectivity index (χ2n) is 13.3. The van der Waals surface area contributed by atoms with E-state index in [0.29, 0.717) is 19.3 Å². The van der Waals surface area contributed by atoms with E-state index in [1.165, 1.54) is 96.3 Å². The van der Waals surface area contributed by atoms with Gasteiger partial charge in [-0.1, -0.05) is 163 Å². The van der Waals surface area contributed by atoms with E-state index in [4.69, 9.17) is 14.2 Å². The highest BCUT2D eigenvalue weighted by molar-refractivity contribution is 5.71. The summed E-state index contributed by atoms with van der Waals surface area (Å²) < 4.78 is 16.5. The average Bonchev–Trinajstić information content (AvgIpc) is 3.00. The molecule has 6 heteroatoms. The van der Waals surface area contributed by atoms with Gasteiger partial charge in [-0.2, -0.15) is 0 Å². The third-order valence-electron chi connectivity index (χ3n) is 8.29. The summed E-state index contributed by atoms with van der Waals surface area (Å²) in [5.74, 6) is -0.0958. The Labute approximate surface area is 272 Å². The summed E-state index contributed by atoms with van der Waals surface area (Å²) in [5.41, 5.74) is 0. The predicted octanol–water partition coefficient (Wildman–Crippen LogP) is 11.2. The molecule has 0 aliphatic carbocycles. The minimum Gasteiger partial charge on any atom is -0.462 e. The minimum atomic E-state index is -0.756. The standard InChI is InChI=1S/C38H72O6/c1-5-7-9-11-13-14-18-21-25-29-36(39)42-32-35(44-38(41)31-27-23-16-12-10-8-6-2)33-43-37(40)30-26-22-19-15-17-20-24-28-34(3)4/h34-35H,5-33H2,1-4H3/t35-/m1/s1. The molecule has 0 aliphatic rings. The Bertz CT molecular complexity index is 662. The van der Waals surface area contributed by atoms with Crippen LogP contribution in [0.4, 0.5) is 0 Å². The van der Waals surface area contributed by atoms with E-state index in [9.17, 15) is 14.4 Å². The van der Waals surface area contributed by atoms with Gasteiger partial charge in [0.2, 0.25) is 0 Å². The molecule has 260 valence electrons. The molecule has 0 spiro atoms. The number of esters is 3. The van der Waals surface area contributed by atoms with Crippen molar-refractivity contribution < 1.29 is 28.6 Å². The molecule has 0 radical (unpaired) electrons. The lowest BCUT2D eigenvalue weighted by Crippen LogP contribution is -2.30. The van der Waals surface area contributed by atoms with Crippen LogP contribution in [0.15, 0.2) is 0 Å². The monoisotopic (exact) mass is 625 g/mol. The summed E-state index contributed by atoms with van der Waals surface area (Å²) in [7, 11) is 0. The second-order valence-corrected chi connectivity index (χ2v) is 13.3. The van der Waals surface area contributed by atoms with Crippen molar-refractivity contribution >= 4 is 17.9 Å². The van der Waals surface area contributed by atoms with Crippen molar-refractivity contribution in [3.8, 4) is 0 Å². The van der Waals surface area contributed by atoms with E-state index in [2.05, 4.69) is 27.7 Å². The number of ether oxygens (including phenoxy) is 3. The van der Waals surface area contributed by atoms with Gasteiger partial charge in [-0.3, -0.25) is 14.4 Å². The Kier molecular flexibility index (Phi) is 31.6. The van der Waals surface area contributed by atoms with Gasteiger partial charge < -0.3 is 14.2 Å². The fraction of sp³-hybridized carbons (Fsp3) is 0.921. The third kappa shape index (κ3) is 31.8. The summed E-state index contributed by atoms with van der Waals surface area (Å²) in [4.78, 5) is 37.2. The summed E-state index contributed by atoms with van der Waals surface area (Å²) in [6.07, 6.45) is 28.2. The van der Waals surface area contributed by atoms with Gasteiger partial charge in [0.15, 0.2) is 6.10 Å². The molecule has 0 N–H and O–H groups in total. The lowest BCUT2D eigenvalue weighted by molar-refractivity contribution is -0.167. The topological polar surface area (TPSA) is 78.9 Å². The lowest BCUT2D eigenvalue weighted by atomic mass is 10.0. The predicted molar refractivity (Wildman–Crippen MR) is 183 cm³/mol. The van der Waals surface area contributed by atoms with Crippen molar-refractivity contribution in [1.29, 1.82) is 0 Å². The smallest absolute Gasteiger partial charge is 0.306 e. The molecule has 0 saturated carbocycles. The summed E-state index contributed by atoms with van der Waals surface area (Å²) in [5, 5.41) is 0. The van der Waals surface area contributed by atoms with E-state index in [1.807, 2.05) is 0 Å².